The molecule has 0 aliphatic rings. The highest BCUT2D eigenvalue weighted by Gasteiger charge is 2.18. The van der Waals surface area contributed by atoms with Gasteiger partial charge in [-0.15, -0.1) is 0 Å². The average molecular weight is 464 g/mol. The molecule has 0 aliphatic heterocycles. The molecule has 0 bridgehead atoms. The number of hydrogen-bond acceptors (Lipinski definition) is 6. The smallest absolute Gasteiger partial charge is 0.303 e. The molecule has 26 heavy (non-hydrogen) atoms. The Labute approximate surface area is 164 Å². The number of benzene rings is 1. The molecule has 8 nitrogen and oxygen atoms in total. The van der Waals surface area contributed by atoms with E-state index in [4.69, 9.17) is 16.7 Å². The van der Waals surface area contributed by atoms with Crippen LogP contribution in [0.25, 0.3) is 0 Å². The minimum atomic E-state index is -3.53. The van der Waals surface area contributed by atoms with E-state index in [9.17, 15) is 13.2 Å². The highest BCUT2D eigenvalue weighted by atomic mass is 79.9. The first-order chi connectivity index (χ1) is 12.1. The van der Waals surface area contributed by atoms with Gasteiger partial charge in [-0.1, -0.05) is 6.07 Å². The summed E-state index contributed by atoms with van der Waals surface area (Å²) in [5.41, 5.74) is 1.52. The molecular weight excluding hydrogens is 448 g/mol. The quantitative estimate of drug-likeness (QED) is 0.607. The van der Waals surface area contributed by atoms with E-state index in [0.29, 0.717) is 27.2 Å². The molecule has 11 heteroatoms. The second-order valence-electron chi connectivity index (χ2n) is 5.44. The van der Waals surface area contributed by atoms with E-state index in [1.54, 1.807) is 18.2 Å². The van der Waals surface area contributed by atoms with Crippen LogP contribution in [0, 0.1) is 0 Å². The molecule has 1 aromatic carbocycles. The van der Waals surface area contributed by atoms with Crippen molar-refractivity contribution in [2.75, 3.05) is 22.9 Å². The van der Waals surface area contributed by atoms with E-state index < -0.39 is 16.0 Å². The lowest BCUT2D eigenvalue weighted by atomic mass is 10.1. The van der Waals surface area contributed by atoms with E-state index in [0.717, 1.165) is 10.6 Å². The summed E-state index contributed by atoms with van der Waals surface area (Å²) in [6.45, 7) is 0. The fraction of sp³-hybridized carbons (Fsp3) is 0.267. The lowest BCUT2D eigenvalue weighted by Gasteiger charge is -2.22. The van der Waals surface area contributed by atoms with Gasteiger partial charge in [0.15, 0.2) is 0 Å². The van der Waals surface area contributed by atoms with Crippen LogP contribution in [-0.2, 0) is 21.2 Å². The maximum absolute atomic E-state index is 12.0. The first kappa shape index (κ1) is 20.4. The van der Waals surface area contributed by atoms with Gasteiger partial charge in [0.1, 0.15) is 5.82 Å². The Morgan fingerprint density at radius 3 is 2.73 bits per heavy atom. The molecule has 0 spiro atoms. The summed E-state index contributed by atoms with van der Waals surface area (Å²) in [6.07, 6.45) is 2.78. The molecule has 0 amide bonds. The Hall–Kier alpha value is -1.91. The molecule has 140 valence electrons. The monoisotopic (exact) mass is 462 g/mol. The van der Waals surface area contributed by atoms with Crippen molar-refractivity contribution < 1.29 is 18.3 Å². The molecule has 1 heterocycles. The number of aromatic nitrogens is 2. The van der Waals surface area contributed by atoms with Crippen molar-refractivity contribution >= 4 is 60.7 Å². The van der Waals surface area contributed by atoms with Gasteiger partial charge in [0.2, 0.25) is 15.3 Å². The zero-order valence-corrected chi connectivity index (χ0v) is 17.1. The molecule has 0 aliphatic carbocycles. The summed E-state index contributed by atoms with van der Waals surface area (Å²) < 4.78 is 25.6. The summed E-state index contributed by atoms with van der Waals surface area (Å²) in [6, 6.07) is 5.02. The molecule has 2 aromatic rings. The third kappa shape index (κ3) is 5.29. The van der Waals surface area contributed by atoms with Crippen LogP contribution in [0.4, 0.5) is 17.2 Å². The molecule has 0 radical (unpaired) electrons. The number of hydrogen-bond donors (Lipinski definition) is 2. The molecule has 0 unspecified atom stereocenters. The SMILES string of the molecule is CN(c1cc(CCC(=O)O)ccc1Nc1nc(Cl)ncc1Br)S(C)(=O)=O. The first-order valence-electron chi connectivity index (χ1n) is 7.31. The number of rotatable bonds is 7. The fourth-order valence-corrected chi connectivity index (χ4v) is 3.02. The number of halogens is 2. The van der Waals surface area contributed by atoms with Crippen LogP contribution in [0.2, 0.25) is 5.28 Å². The Kier molecular flexibility index (Phi) is 6.43. The average Bonchev–Trinajstić information content (AvgIpc) is 2.55. The van der Waals surface area contributed by atoms with Gasteiger partial charge in [0.05, 0.1) is 22.1 Å². The lowest BCUT2D eigenvalue weighted by Crippen LogP contribution is -2.25. The van der Waals surface area contributed by atoms with Crippen molar-refractivity contribution in [1.82, 2.24) is 9.97 Å². The molecular formula is C15H16BrClN4O4S. The van der Waals surface area contributed by atoms with Gasteiger partial charge in [-0.05, 0) is 51.6 Å². The van der Waals surface area contributed by atoms with Gasteiger partial charge >= 0.3 is 5.97 Å². The number of aliphatic carboxylic acids is 1. The number of anilines is 3. The predicted molar refractivity (Wildman–Crippen MR) is 104 cm³/mol. The Morgan fingerprint density at radius 2 is 2.12 bits per heavy atom. The van der Waals surface area contributed by atoms with Gasteiger partial charge in [-0.3, -0.25) is 9.10 Å². The van der Waals surface area contributed by atoms with Gasteiger partial charge in [-0.25, -0.2) is 13.4 Å². The number of carbonyl (C=O) groups is 1. The Morgan fingerprint density at radius 1 is 1.42 bits per heavy atom. The molecule has 0 atom stereocenters. The molecule has 1 aromatic heterocycles. The van der Waals surface area contributed by atoms with Crippen molar-refractivity contribution in [2.24, 2.45) is 0 Å². The van der Waals surface area contributed by atoms with Crippen molar-refractivity contribution in [1.29, 1.82) is 0 Å². The summed E-state index contributed by atoms with van der Waals surface area (Å²) in [4.78, 5) is 18.7. The molecule has 0 saturated carbocycles. The zero-order chi connectivity index (χ0) is 19.5. The van der Waals surface area contributed by atoms with E-state index in [1.807, 2.05) is 0 Å². The number of aryl methyl sites for hydroxylation is 1. The van der Waals surface area contributed by atoms with Gasteiger partial charge in [0, 0.05) is 19.7 Å². The minimum absolute atomic E-state index is 0.0341. The van der Waals surface area contributed by atoms with Gasteiger partial charge in [-0.2, -0.15) is 4.98 Å². The largest absolute Gasteiger partial charge is 0.481 e. The summed E-state index contributed by atoms with van der Waals surface area (Å²) >= 11 is 9.11. The first-order valence-corrected chi connectivity index (χ1v) is 10.3. The number of carboxylic acids is 1. The number of sulfonamides is 1. The minimum Gasteiger partial charge on any atom is -0.481 e. The van der Waals surface area contributed by atoms with Crippen LogP contribution < -0.4 is 9.62 Å². The highest BCUT2D eigenvalue weighted by molar-refractivity contribution is 9.10. The standard InChI is InChI=1S/C15H16BrClN4O4S/c1-21(26(2,24)25)12-7-9(4-6-13(22)23)3-5-11(12)19-14-10(16)8-18-15(17)20-14/h3,5,7-8H,4,6H2,1-2H3,(H,22,23)(H,18,19,20). The third-order valence-corrected chi connectivity index (χ3v) is 5.45. The van der Waals surface area contributed by atoms with E-state index >= 15 is 0 Å². The maximum atomic E-state index is 12.0. The van der Waals surface area contributed by atoms with Crippen molar-refractivity contribution in [3.63, 3.8) is 0 Å². The predicted octanol–water partition coefficient (Wildman–Crippen LogP) is 3.05. The van der Waals surface area contributed by atoms with E-state index in [2.05, 4.69) is 31.2 Å². The summed E-state index contributed by atoms with van der Waals surface area (Å²) in [7, 11) is -2.12. The number of nitrogens with zero attached hydrogens (tertiary/aromatic N) is 3. The van der Waals surface area contributed by atoms with Crippen LogP contribution in [-0.4, -0.2) is 42.8 Å². The normalized spacial score (nSPS) is 11.2. The van der Waals surface area contributed by atoms with E-state index in [-0.39, 0.29) is 18.1 Å². The van der Waals surface area contributed by atoms with Crippen molar-refractivity contribution in [2.45, 2.75) is 12.8 Å². The van der Waals surface area contributed by atoms with E-state index in [1.165, 1.54) is 13.2 Å². The Bertz CT molecular complexity index is 939. The highest BCUT2D eigenvalue weighted by Crippen LogP contribution is 2.33. The molecule has 0 saturated heterocycles. The van der Waals surface area contributed by atoms with Crippen LogP contribution in [0.5, 0.6) is 0 Å². The van der Waals surface area contributed by atoms with Crippen LogP contribution in [0.15, 0.2) is 28.9 Å². The van der Waals surface area contributed by atoms with Crippen LogP contribution in [0.1, 0.15) is 12.0 Å². The second kappa shape index (κ2) is 8.19. The van der Waals surface area contributed by atoms with Crippen LogP contribution >= 0.6 is 27.5 Å². The number of carboxylic acid groups (broad SMARTS) is 1. The van der Waals surface area contributed by atoms with Crippen LogP contribution in [0.3, 0.4) is 0 Å². The molecule has 2 rings (SSSR count). The number of nitrogens with one attached hydrogen (secondary N) is 1. The zero-order valence-electron chi connectivity index (χ0n) is 13.9. The van der Waals surface area contributed by atoms with Crippen molar-refractivity contribution in [3.8, 4) is 0 Å². The van der Waals surface area contributed by atoms with Gasteiger partial charge < -0.3 is 10.4 Å². The summed E-state index contributed by atoms with van der Waals surface area (Å²) in [5, 5.41) is 11.9. The summed E-state index contributed by atoms with van der Waals surface area (Å²) in [5.74, 6) is -0.559. The molecule has 0 fully saturated rings. The molecule has 2 N–H and O–H groups in total. The topological polar surface area (TPSA) is 112 Å². The lowest BCUT2D eigenvalue weighted by molar-refractivity contribution is -0.136. The fourth-order valence-electron chi connectivity index (χ4n) is 2.09. The second-order valence-corrected chi connectivity index (χ2v) is 8.64. The van der Waals surface area contributed by atoms with Crippen molar-refractivity contribution in [3.05, 3.63) is 39.7 Å². The third-order valence-electron chi connectivity index (χ3n) is 3.49. The Balaban J connectivity index is 2.46. The van der Waals surface area contributed by atoms with Gasteiger partial charge in [0.25, 0.3) is 0 Å². The maximum Gasteiger partial charge on any atom is 0.303 e.